The van der Waals surface area contributed by atoms with E-state index >= 15 is 0 Å². The van der Waals surface area contributed by atoms with Crippen LogP contribution in [0, 0.1) is 5.41 Å². The molecule has 2 amide bonds. The molecule has 1 saturated heterocycles. The van der Waals surface area contributed by atoms with Gasteiger partial charge in [0.25, 0.3) is 11.8 Å². The van der Waals surface area contributed by atoms with Gasteiger partial charge >= 0.3 is 0 Å². The fraction of sp³-hybridized carbons (Fsp3) is 0.440. The maximum atomic E-state index is 13.5. The fourth-order valence-corrected chi connectivity index (χ4v) is 5.35. The van der Waals surface area contributed by atoms with Gasteiger partial charge in [0.2, 0.25) is 0 Å². The van der Waals surface area contributed by atoms with Gasteiger partial charge in [-0.05, 0) is 59.7 Å². The number of carbonyl (C=O) groups is 2. The number of piperidine rings is 1. The van der Waals surface area contributed by atoms with E-state index in [2.05, 4.69) is 26.8 Å². The van der Waals surface area contributed by atoms with Gasteiger partial charge in [0.1, 0.15) is 5.75 Å². The number of carbonyl (C=O) groups excluding carboxylic acids is 2. The van der Waals surface area contributed by atoms with Crippen LogP contribution in [-0.4, -0.2) is 53.4 Å². The first-order chi connectivity index (χ1) is 14.1. The number of benzene rings is 2. The summed E-state index contributed by atoms with van der Waals surface area (Å²) >= 11 is 0. The highest BCUT2D eigenvalue weighted by Crippen LogP contribution is 2.57. The Balaban J connectivity index is 1.68. The second kappa shape index (κ2) is 6.86. The van der Waals surface area contributed by atoms with Crippen molar-refractivity contribution in [3.63, 3.8) is 0 Å². The Kier molecular flexibility index (Phi) is 4.68. The molecule has 2 aliphatic rings. The molecule has 2 bridgehead atoms. The van der Waals surface area contributed by atoms with Crippen LogP contribution in [0.3, 0.4) is 0 Å². The average molecular weight is 407 g/mol. The number of amides is 2. The zero-order valence-electron chi connectivity index (χ0n) is 18.4. The van der Waals surface area contributed by atoms with Crippen molar-refractivity contribution >= 4 is 11.8 Å². The van der Waals surface area contributed by atoms with Crippen molar-refractivity contribution in [2.24, 2.45) is 5.41 Å². The van der Waals surface area contributed by atoms with Crippen molar-refractivity contribution in [2.75, 3.05) is 20.6 Å². The standard InChI is InChI=1S/C25H30N2O3/c1-24(2)21-15-18-19(7-6-8-20(18)28)25(24,3)13-14-27(21)23(30)17-11-9-16(10-12-17)22(29)26(4)5/h6-12,21,28H,13-15H2,1-5H3/t21?,25-/m0/s1. The Morgan fingerprint density at radius 1 is 1.03 bits per heavy atom. The molecule has 0 spiro atoms. The van der Waals surface area contributed by atoms with Crippen molar-refractivity contribution < 1.29 is 14.7 Å². The van der Waals surface area contributed by atoms with E-state index in [9.17, 15) is 14.7 Å². The number of rotatable bonds is 2. The lowest BCUT2D eigenvalue weighted by Crippen LogP contribution is -2.64. The van der Waals surface area contributed by atoms with Gasteiger partial charge in [0.05, 0.1) is 0 Å². The largest absolute Gasteiger partial charge is 0.508 e. The fourth-order valence-electron chi connectivity index (χ4n) is 5.35. The lowest BCUT2D eigenvalue weighted by molar-refractivity contribution is -0.0266. The van der Waals surface area contributed by atoms with E-state index < -0.39 is 0 Å². The van der Waals surface area contributed by atoms with Crippen LogP contribution in [0.15, 0.2) is 42.5 Å². The Morgan fingerprint density at radius 2 is 1.67 bits per heavy atom. The van der Waals surface area contributed by atoms with E-state index in [1.807, 2.05) is 11.0 Å². The van der Waals surface area contributed by atoms with Crippen LogP contribution in [0.5, 0.6) is 5.75 Å². The summed E-state index contributed by atoms with van der Waals surface area (Å²) in [5, 5.41) is 10.5. The molecule has 0 saturated carbocycles. The smallest absolute Gasteiger partial charge is 0.254 e. The molecule has 1 N–H and O–H groups in total. The van der Waals surface area contributed by atoms with Crippen molar-refractivity contribution in [1.29, 1.82) is 0 Å². The third-order valence-corrected chi connectivity index (χ3v) is 7.67. The number of phenols is 1. The minimum Gasteiger partial charge on any atom is -0.508 e. The SMILES string of the molecule is CN(C)C(=O)c1ccc(C(=O)N2CC[C@@]3(C)c4cccc(O)c4CC2C3(C)C)cc1. The van der Waals surface area contributed by atoms with Crippen molar-refractivity contribution in [1.82, 2.24) is 9.80 Å². The van der Waals surface area contributed by atoms with E-state index in [1.165, 1.54) is 10.5 Å². The van der Waals surface area contributed by atoms with Crippen LogP contribution in [0.4, 0.5) is 0 Å². The summed E-state index contributed by atoms with van der Waals surface area (Å²) in [5.74, 6) is 0.223. The van der Waals surface area contributed by atoms with Crippen molar-refractivity contribution in [2.45, 2.75) is 45.1 Å². The predicted octanol–water partition coefficient (Wildman–Crippen LogP) is 3.85. The number of likely N-dealkylation sites (tertiary alicyclic amines) is 1. The summed E-state index contributed by atoms with van der Waals surface area (Å²) in [6.45, 7) is 7.42. The predicted molar refractivity (Wildman–Crippen MR) is 117 cm³/mol. The topological polar surface area (TPSA) is 60.9 Å². The molecule has 158 valence electrons. The number of fused-ring (bicyclic) bond motifs is 4. The summed E-state index contributed by atoms with van der Waals surface area (Å²) in [4.78, 5) is 29.1. The van der Waals surface area contributed by atoms with Crippen LogP contribution in [0.25, 0.3) is 0 Å². The molecule has 5 nitrogen and oxygen atoms in total. The number of aromatic hydroxyl groups is 1. The zero-order chi connectivity index (χ0) is 21.8. The second-order valence-corrected chi connectivity index (χ2v) is 9.60. The molecule has 2 atom stereocenters. The lowest BCUT2D eigenvalue weighted by Gasteiger charge is -2.60. The summed E-state index contributed by atoms with van der Waals surface area (Å²) < 4.78 is 0. The van der Waals surface area contributed by atoms with Gasteiger partial charge in [-0.2, -0.15) is 0 Å². The van der Waals surface area contributed by atoms with Crippen LogP contribution in [-0.2, 0) is 11.8 Å². The van der Waals surface area contributed by atoms with Gasteiger partial charge < -0.3 is 14.9 Å². The Labute approximate surface area is 178 Å². The summed E-state index contributed by atoms with van der Waals surface area (Å²) in [6.07, 6.45) is 1.49. The number of hydrogen-bond acceptors (Lipinski definition) is 3. The molecule has 0 radical (unpaired) electrons. The quantitative estimate of drug-likeness (QED) is 0.824. The first-order valence-electron chi connectivity index (χ1n) is 10.5. The molecule has 0 aromatic heterocycles. The molecule has 2 aromatic carbocycles. The van der Waals surface area contributed by atoms with E-state index in [0.717, 1.165) is 12.0 Å². The third kappa shape index (κ3) is 2.83. The van der Waals surface area contributed by atoms with Crippen LogP contribution >= 0.6 is 0 Å². The minimum absolute atomic E-state index is 0.00682. The van der Waals surface area contributed by atoms with Crippen LogP contribution in [0.2, 0.25) is 0 Å². The summed E-state index contributed by atoms with van der Waals surface area (Å²) in [5.41, 5.74) is 3.09. The Bertz CT molecular complexity index is 1010. The van der Waals surface area contributed by atoms with Gasteiger partial charge in [-0.15, -0.1) is 0 Å². The number of nitrogens with zero attached hydrogens (tertiary/aromatic N) is 2. The molecule has 1 aliphatic heterocycles. The summed E-state index contributed by atoms with van der Waals surface area (Å²) in [6, 6.07) is 12.7. The van der Waals surface area contributed by atoms with Crippen molar-refractivity contribution in [3.05, 3.63) is 64.7 Å². The van der Waals surface area contributed by atoms with Gasteiger partial charge in [-0.1, -0.05) is 32.9 Å². The average Bonchev–Trinajstić information content (AvgIpc) is 2.70. The van der Waals surface area contributed by atoms with Crippen LogP contribution < -0.4 is 0 Å². The van der Waals surface area contributed by atoms with Gasteiger partial charge in [-0.3, -0.25) is 9.59 Å². The molecule has 1 aliphatic carbocycles. The van der Waals surface area contributed by atoms with Crippen molar-refractivity contribution in [3.8, 4) is 5.75 Å². The zero-order valence-corrected chi connectivity index (χ0v) is 18.4. The van der Waals surface area contributed by atoms with Gasteiger partial charge in [0, 0.05) is 43.2 Å². The first kappa shape index (κ1) is 20.5. The Morgan fingerprint density at radius 3 is 2.30 bits per heavy atom. The molecular formula is C25H30N2O3. The lowest BCUT2D eigenvalue weighted by atomic mass is 9.51. The Hall–Kier alpha value is -2.82. The molecule has 1 fully saturated rings. The third-order valence-electron chi connectivity index (χ3n) is 7.67. The summed E-state index contributed by atoms with van der Waals surface area (Å²) in [7, 11) is 3.43. The minimum atomic E-state index is -0.136. The highest BCUT2D eigenvalue weighted by molar-refractivity contribution is 5.98. The molecule has 30 heavy (non-hydrogen) atoms. The van der Waals surface area contributed by atoms with Gasteiger partial charge in [0.15, 0.2) is 0 Å². The first-order valence-corrected chi connectivity index (χ1v) is 10.5. The molecule has 1 unspecified atom stereocenters. The maximum absolute atomic E-state index is 13.5. The van der Waals surface area contributed by atoms with E-state index in [-0.39, 0.29) is 28.7 Å². The van der Waals surface area contributed by atoms with Crippen LogP contribution in [0.1, 0.15) is 59.0 Å². The molecule has 2 aromatic rings. The van der Waals surface area contributed by atoms with E-state index in [4.69, 9.17) is 0 Å². The van der Waals surface area contributed by atoms with Gasteiger partial charge in [-0.25, -0.2) is 0 Å². The molecule has 5 heteroatoms. The highest BCUT2D eigenvalue weighted by Gasteiger charge is 2.57. The second-order valence-electron chi connectivity index (χ2n) is 9.60. The normalized spacial score (nSPS) is 24.2. The monoisotopic (exact) mass is 406 g/mol. The number of hydrogen-bond donors (Lipinski definition) is 1. The highest BCUT2D eigenvalue weighted by atomic mass is 16.3. The maximum Gasteiger partial charge on any atom is 0.254 e. The van der Waals surface area contributed by atoms with E-state index in [0.29, 0.717) is 29.8 Å². The molecule has 4 rings (SSSR count). The van der Waals surface area contributed by atoms with E-state index in [1.54, 1.807) is 44.4 Å². The molecule has 1 heterocycles. The molecular weight excluding hydrogens is 376 g/mol. The number of phenolic OH excluding ortho intramolecular Hbond substituents is 1.